The number of carbonyl (C=O) groups excluding carboxylic acids is 1. The first-order valence-electron chi connectivity index (χ1n) is 7.31. The molecule has 21 heavy (non-hydrogen) atoms. The molecule has 0 heterocycles. The van der Waals surface area contributed by atoms with E-state index in [-0.39, 0.29) is 17.2 Å². The van der Waals surface area contributed by atoms with Gasteiger partial charge in [0.25, 0.3) is 5.91 Å². The molecule has 1 amide bonds. The second-order valence-electron chi connectivity index (χ2n) is 7.03. The lowest BCUT2D eigenvalue weighted by molar-refractivity contribution is -0.144. The van der Waals surface area contributed by atoms with Crippen LogP contribution in [0, 0.1) is 5.92 Å². The summed E-state index contributed by atoms with van der Waals surface area (Å²) >= 11 is 0. The molecule has 4 heteroatoms. The molecule has 0 radical (unpaired) electrons. The van der Waals surface area contributed by atoms with Crippen LogP contribution in [0.25, 0.3) is 0 Å². The van der Waals surface area contributed by atoms with Gasteiger partial charge in [-0.05, 0) is 42.7 Å². The average Bonchev–Trinajstić information content (AvgIpc) is 3.21. The van der Waals surface area contributed by atoms with E-state index < -0.39 is 11.5 Å². The van der Waals surface area contributed by atoms with Gasteiger partial charge in [-0.1, -0.05) is 39.0 Å². The Morgan fingerprint density at radius 3 is 2.19 bits per heavy atom. The lowest BCUT2D eigenvalue weighted by atomic mass is 9.83. The summed E-state index contributed by atoms with van der Waals surface area (Å²) in [6.45, 7) is 7.72. The summed E-state index contributed by atoms with van der Waals surface area (Å²) in [4.78, 5) is 24.1. The Kier molecular flexibility index (Phi) is 3.83. The zero-order valence-corrected chi connectivity index (χ0v) is 13.1. The fourth-order valence-corrected chi connectivity index (χ4v) is 2.63. The molecule has 2 N–H and O–H groups in total. The zero-order valence-electron chi connectivity index (χ0n) is 13.1. The Balaban J connectivity index is 2.31. The summed E-state index contributed by atoms with van der Waals surface area (Å²) < 4.78 is 0. The molecule has 114 valence electrons. The summed E-state index contributed by atoms with van der Waals surface area (Å²) in [5, 5.41) is 12.2. The van der Waals surface area contributed by atoms with Crippen molar-refractivity contribution in [2.75, 3.05) is 0 Å². The van der Waals surface area contributed by atoms with Gasteiger partial charge in [0.1, 0.15) is 5.54 Å². The van der Waals surface area contributed by atoms with Crippen LogP contribution in [0.3, 0.4) is 0 Å². The van der Waals surface area contributed by atoms with Gasteiger partial charge in [0.05, 0.1) is 0 Å². The third-order valence-corrected chi connectivity index (χ3v) is 4.19. The van der Waals surface area contributed by atoms with Crippen molar-refractivity contribution < 1.29 is 14.7 Å². The maximum atomic E-state index is 12.6. The van der Waals surface area contributed by atoms with Crippen LogP contribution in [-0.4, -0.2) is 22.5 Å². The standard InChI is InChI=1S/C17H23NO3/c1-16(2,3)13-8-6-5-7-12(13)14(19)18-17(4,15(20)21)11-9-10-11/h5-8,11H,9-10H2,1-4H3,(H,18,19)(H,20,21). The molecule has 1 unspecified atom stereocenters. The van der Waals surface area contributed by atoms with E-state index in [9.17, 15) is 14.7 Å². The minimum Gasteiger partial charge on any atom is -0.480 e. The molecule has 1 aromatic carbocycles. The molecule has 1 aliphatic rings. The molecule has 4 nitrogen and oxygen atoms in total. The Bertz CT molecular complexity index is 570. The molecule has 0 bridgehead atoms. The first-order valence-corrected chi connectivity index (χ1v) is 7.31. The highest BCUT2D eigenvalue weighted by atomic mass is 16.4. The minimum absolute atomic E-state index is 0.0285. The van der Waals surface area contributed by atoms with Gasteiger partial charge < -0.3 is 10.4 Å². The van der Waals surface area contributed by atoms with E-state index in [2.05, 4.69) is 5.32 Å². The zero-order chi connectivity index (χ0) is 15.8. The largest absolute Gasteiger partial charge is 0.480 e. The first kappa shape index (κ1) is 15.5. The number of carboxylic acids is 1. The van der Waals surface area contributed by atoms with Crippen molar-refractivity contribution in [3.05, 3.63) is 35.4 Å². The normalized spacial score (nSPS) is 17.9. The Morgan fingerprint density at radius 2 is 1.71 bits per heavy atom. The van der Waals surface area contributed by atoms with Gasteiger partial charge in [0.15, 0.2) is 0 Å². The van der Waals surface area contributed by atoms with Crippen LogP contribution in [0.5, 0.6) is 0 Å². The van der Waals surface area contributed by atoms with Gasteiger partial charge in [0, 0.05) is 5.56 Å². The van der Waals surface area contributed by atoms with Gasteiger partial charge in [0.2, 0.25) is 0 Å². The van der Waals surface area contributed by atoms with Crippen LogP contribution < -0.4 is 5.32 Å². The van der Waals surface area contributed by atoms with Crippen molar-refractivity contribution in [2.24, 2.45) is 5.92 Å². The summed E-state index contributed by atoms with van der Waals surface area (Å²) in [7, 11) is 0. The number of nitrogens with one attached hydrogen (secondary N) is 1. The molecule has 0 saturated heterocycles. The predicted molar refractivity (Wildman–Crippen MR) is 81.4 cm³/mol. The van der Waals surface area contributed by atoms with Gasteiger partial charge >= 0.3 is 5.97 Å². The maximum Gasteiger partial charge on any atom is 0.329 e. The highest BCUT2D eigenvalue weighted by Gasteiger charge is 2.48. The monoisotopic (exact) mass is 289 g/mol. The summed E-state index contributed by atoms with van der Waals surface area (Å²) in [5.74, 6) is -1.25. The highest BCUT2D eigenvalue weighted by Crippen LogP contribution is 2.40. The molecule has 1 aromatic rings. The van der Waals surface area contributed by atoms with Crippen molar-refractivity contribution >= 4 is 11.9 Å². The van der Waals surface area contributed by atoms with Crippen molar-refractivity contribution in [2.45, 2.75) is 51.5 Å². The van der Waals surface area contributed by atoms with Crippen LogP contribution in [0.2, 0.25) is 0 Å². The number of amides is 1. The number of rotatable bonds is 4. The molecular weight excluding hydrogens is 266 g/mol. The number of benzene rings is 1. The molecule has 0 aliphatic heterocycles. The van der Waals surface area contributed by atoms with Crippen molar-refractivity contribution in [3.63, 3.8) is 0 Å². The second kappa shape index (κ2) is 5.17. The van der Waals surface area contributed by atoms with Gasteiger partial charge in [-0.25, -0.2) is 4.79 Å². The molecule has 1 atom stereocenters. The van der Waals surface area contributed by atoms with Gasteiger partial charge in [-0.15, -0.1) is 0 Å². The Labute approximate surface area is 125 Å². The molecule has 0 aromatic heterocycles. The van der Waals surface area contributed by atoms with Gasteiger partial charge in [-0.3, -0.25) is 4.79 Å². The summed E-state index contributed by atoms with van der Waals surface area (Å²) in [5.41, 5.74) is 0.124. The van der Waals surface area contributed by atoms with E-state index in [0.29, 0.717) is 5.56 Å². The Morgan fingerprint density at radius 1 is 1.14 bits per heavy atom. The number of carboxylic acid groups (broad SMARTS) is 1. The quantitative estimate of drug-likeness (QED) is 0.895. The fraction of sp³-hybridized carbons (Fsp3) is 0.529. The third kappa shape index (κ3) is 3.09. The lowest BCUT2D eigenvalue weighted by Gasteiger charge is -2.28. The number of hydrogen-bond acceptors (Lipinski definition) is 2. The summed E-state index contributed by atoms with van der Waals surface area (Å²) in [6, 6.07) is 7.38. The van der Waals surface area contributed by atoms with Gasteiger partial charge in [-0.2, -0.15) is 0 Å². The van der Waals surface area contributed by atoms with E-state index in [1.54, 1.807) is 19.1 Å². The average molecular weight is 289 g/mol. The Hall–Kier alpha value is -1.84. The minimum atomic E-state index is -1.18. The number of carbonyl (C=O) groups is 2. The highest BCUT2D eigenvalue weighted by molar-refractivity contribution is 5.99. The number of hydrogen-bond donors (Lipinski definition) is 2. The van der Waals surface area contributed by atoms with Crippen LogP contribution in [-0.2, 0) is 10.2 Å². The van der Waals surface area contributed by atoms with Crippen LogP contribution >= 0.6 is 0 Å². The van der Waals surface area contributed by atoms with E-state index in [1.165, 1.54) is 0 Å². The van der Waals surface area contributed by atoms with Crippen molar-refractivity contribution in [3.8, 4) is 0 Å². The van der Waals surface area contributed by atoms with E-state index in [4.69, 9.17) is 0 Å². The molecule has 1 saturated carbocycles. The topological polar surface area (TPSA) is 66.4 Å². The lowest BCUT2D eigenvalue weighted by Crippen LogP contribution is -2.54. The molecule has 1 fully saturated rings. The predicted octanol–water partition coefficient (Wildman–Crippen LogP) is 2.97. The smallest absolute Gasteiger partial charge is 0.329 e. The number of aliphatic carboxylic acids is 1. The molecule has 2 rings (SSSR count). The van der Waals surface area contributed by atoms with Crippen molar-refractivity contribution in [1.29, 1.82) is 0 Å². The van der Waals surface area contributed by atoms with E-state index in [0.717, 1.165) is 18.4 Å². The van der Waals surface area contributed by atoms with Crippen LogP contribution in [0.15, 0.2) is 24.3 Å². The molecule has 0 spiro atoms. The first-order chi connectivity index (χ1) is 9.66. The van der Waals surface area contributed by atoms with Crippen molar-refractivity contribution in [1.82, 2.24) is 5.32 Å². The van der Waals surface area contributed by atoms with E-state index >= 15 is 0 Å². The summed E-state index contributed by atoms with van der Waals surface area (Å²) in [6.07, 6.45) is 1.70. The molecular formula is C17H23NO3. The van der Waals surface area contributed by atoms with E-state index in [1.807, 2.05) is 32.9 Å². The fourth-order valence-electron chi connectivity index (χ4n) is 2.63. The van der Waals surface area contributed by atoms with Crippen LogP contribution in [0.1, 0.15) is 56.5 Å². The second-order valence-corrected chi connectivity index (χ2v) is 7.03. The molecule has 1 aliphatic carbocycles. The van der Waals surface area contributed by atoms with Crippen LogP contribution in [0.4, 0.5) is 0 Å². The third-order valence-electron chi connectivity index (χ3n) is 4.19. The maximum absolute atomic E-state index is 12.6. The SMILES string of the molecule is CC(C)(C)c1ccccc1C(=O)NC(C)(C(=O)O)C1CC1.